The standard InChI is InChI=1S/C16H23Cl2NO2/c17-12-7-8-15(18)16(9-12)21-11-14(20)10-19-13-5-3-1-2-4-6-13/h7-9,13-14,19-20H,1-6,10-11H2/t14-/m1/s1. The van der Waals surface area contributed by atoms with Crippen LogP contribution in [0.2, 0.25) is 10.0 Å². The second kappa shape index (κ2) is 8.84. The Morgan fingerprint density at radius 3 is 2.62 bits per heavy atom. The van der Waals surface area contributed by atoms with Crippen molar-refractivity contribution in [2.45, 2.75) is 50.7 Å². The van der Waals surface area contributed by atoms with Crippen molar-refractivity contribution in [3.8, 4) is 5.75 Å². The molecule has 2 rings (SSSR count). The Bertz CT molecular complexity index is 434. The minimum atomic E-state index is -0.552. The van der Waals surface area contributed by atoms with Gasteiger partial charge in [0, 0.05) is 23.7 Å². The first-order valence-corrected chi connectivity index (χ1v) is 8.40. The Morgan fingerprint density at radius 2 is 1.90 bits per heavy atom. The molecule has 21 heavy (non-hydrogen) atoms. The fraction of sp³-hybridized carbons (Fsp3) is 0.625. The van der Waals surface area contributed by atoms with Gasteiger partial charge in [0.1, 0.15) is 18.5 Å². The molecule has 0 unspecified atom stereocenters. The summed E-state index contributed by atoms with van der Waals surface area (Å²) in [4.78, 5) is 0. The van der Waals surface area contributed by atoms with Gasteiger partial charge in [0.05, 0.1) is 5.02 Å². The minimum absolute atomic E-state index is 0.208. The van der Waals surface area contributed by atoms with Gasteiger partial charge in [-0.15, -0.1) is 0 Å². The highest BCUT2D eigenvalue weighted by Crippen LogP contribution is 2.27. The number of halogens is 2. The van der Waals surface area contributed by atoms with Gasteiger partial charge in [0.15, 0.2) is 0 Å². The molecule has 0 aliphatic heterocycles. The fourth-order valence-corrected chi connectivity index (χ4v) is 2.95. The van der Waals surface area contributed by atoms with E-state index in [1.165, 1.54) is 38.5 Å². The SMILES string of the molecule is O[C@H](CNC1CCCCCC1)COc1cc(Cl)ccc1Cl. The van der Waals surface area contributed by atoms with Crippen LogP contribution < -0.4 is 10.1 Å². The number of rotatable bonds is 6. The maximum Gasteiger partial charge on any atom is 0.139 e. The molecule has 5 heteroatoms. The summed E-state index contributed by atoms with van der Waals surface area (Å²) in [5.74, 6) is 0.512. The van der Waals surface area contributed by atoms with Crippen molar-refractivity contribution < 1.29 is 9.84 Å². The van der Waals surface area contributed by atoms with Gasteiger partial charge in [-0.3, -0.25) is 0 Å². The van der Waals surface area contributed by atoms with Gasteiger partial charge in [0.25, 0.3) is 0 Å². The Morgan fingerprint density at radius 1 is 1.19 bits per heavy atom. The van der Waals surface area contributed by atoms with Crippen molar-refractivity contribution in [2.24, 2.45) is 0 Å². The Balaban J connectivity index is 1.71. The van der Waals surface area contributed by atoms with E-state index in [0.29, 0.717) is 28.4 Å². The van der Waals surface area contributed by atoms with Crippen LogP contribution in [0.15, 0.2) is 18.2 Å². The smallest absolute Gasteiger partial charge is 0.139 e. The van der Waals surface area contributed by atoms with Crippen LogP contribution in [-0.2, 0) is 0 Å². The predicted octanol–water partition coefficient (Wildman–Crippen LogP) is 4.05. The third-order valence-corrected chi connectivity index (χ3v) is 4.37. The summed E-state index contributed by atoms with van der Waals surface area (Å²) in [6.45, 7) is 0.753. The number of benzene rings is 1. The molecular weight excluding hydrogens is 309 g/mol. The molecule has 3 nitrogen and oxygen atoms in total. The van der Waals surface area contributed by atoms with Crippen LogP contribution in [-0.4, -0.2) is 30.4 Å². The van der Waals surface area contributed by atoms with Crippen LogP contribution in [0, 0.1) is 0 Å². The molecule has 0 saturated heterocycles. The average Bonchev–Trinajstić information content (AvgIpc) is 2.74. The van der Waals surface area contributed by atoms with Crippen LogP contribution in [0.1, 0.15) is 38.5 Å². The topological polar surface area (TPSA) is 41.5 Å². The molecule has 0 bridgehead atoms. The highest BCUT2D eigenvalue weighted by atomic mass is 35.5. The zero-order chi connectivity index (χ0) is 15.1. The molecule has 1 fully saturated rings. The van der Waals surface area contributed by atoms with Gasteiger partial charge in [-0.05, 0) is 25.0 Å². The molecule has 1 aromatic carbocycles. The van der Waals surface area contributed by atoms with Crippen LogP contribution in [0.3, 0.4) is 0 Å². The molecule has 0 amide bonds. The van der Waals surface area contributed by atoms with E-state index in [1.807, 2.05) is 0 Å². The summed E-state index contributed by atoms with van der Waals surface area (Å²) >= 11 is 11.9. The molecule has 1 aliphatic rings. The third-order valence-electron chi connectivity index (χ3n) is 3.82. The van der Waals surface area contributed by atoms with Crippen molar-refractivity contribution in [3.05, 3.63) is 28.2 Å². The maximum absolute atomic E-state index is 10.0. The third kappa shape index (κ3) is 6.03. The summed E-state index contributed by atoms with van der Waals surface area (Å²) in [6.07, 6.45) is 7.07. The fourth-order valence-electron chi connectivity index (χ4n) is 2.62. The molecule has 1 atom stereocenters. The first-order chi connectivity index (χ1) is 10.1. The number of hydrogen-bond acceptors (Lipinski definition) is 3. The lowest BCUT2D eigenvalue weighted by Crippen LogP contribution is -2.37. The van der Waals surface area contributed by atoms with Gasteiger partial charge >= 0.3 is 0 Å². The molecule has 1 aliphatic carbocycles. The second-order valence-electron chi connectivity index (χ2n) is 5.64. The van der Waals surface area contributed by atoms with Crippen molar-refractivity contribution in [1.29, 1.82) is 0 Å². The van der Waals surface area contributed by atoms with Crippen LogP contribution in [0.4, 0.5) is 0 Å². The van der Waals surface area contributed by atoms with Gasteiger partial charge in [-0.25, -0.2) is 0 Å². The molecule has 0 radical (unpaired) electrons. The van der Waals surface area contributed by atoms with E-state index in [0.717, 1.165) is 0 Å². The van der Waals surface area contributed by atoms with Crippen LogP contribution in [0.5, 0.6) is 5.75 Å². The Kier molecular flexibility index (Phi) is 7.11. The first kappa shape index (κ1) is 16.9. The summed E-state index contributed by atoms with van der Waals surface area (Å²) in [5.41, 5.74) is 0. The van der Waals surface area contributed by atoms with E-state index in [1.54, 1.807) is 18.2 Å². The summed E-state index contributed by atoms with van der Waals surface area (Å²) in [7, 11) is 0. The number of aliphatic hydroxyl groups is 1. The van der Waals surface area contributed by atoms with Gasteiger partial charge < -0.3 is 15.2 Å². The van der Waals surface area contributed by atoms with E-state index in [9.17, 15) is 5.11 Å². The van der Waals surface area contributed by atoms with Gasteiger partial charge in [0.2, 0.25) is 0 Å². The number of hydrogen-bond donors (Lipinski definition) is 2. The largest absolute Gasteiger partial charge is 0.489 e. The van der Waals surface area contributed by atoms with Crippen LogP contribution in [0.25, 0.3) is 0 Å². The van der Waals surface area contributed by atoms with E-state index in [-0.39, 0.29) is 6.61 Å². The highest BCUT2D eigenvalue weighted by molar-refractivity contribution is 6.34. The van der Waals surface area contributed by atoms with E-state index in [4.69, 9.17) is 27.9 Å². The van der Waals surface area contributed by atoms with E-state index < -0.39 is 6.10 Å². The minimum Gasteiger partial charge on any atom is -0.489 e. The quantitative estimate of drug-likeness (QED) is 0.773. The van der Waals surface area contributed by atoms with Crippen molar-refractivity contribution in [2.75, 3.05) is 13.2 Å². The summed E-state index contributed by atoms with van der Waals surface area (Å²) < 4.78 is 5.54. The van der Waals surface area contributed by atoms with Crippen LogP contribution >= 0.6 is 23.2 Å². The lowest BCUT2D eigenvalue weighted by Gasteiger charge is -2.19. The number of nitrogens with one attached hydrogen (secondary N) is 1. The monoisotopic (exact) mass is 331 g/mol. The van der Waals surface area contributed by atoms with Gasteiger partial charge in [-0.2, -0.15) is 0 Å². The molecule has 118 valence electrons. The predicted molar refractivity (Wildman–Crippen MR) is 87.5 cm³/mol. The molecule has 1 saturated carbocycles. The molecule has 1 aromatic rings. The molecule has 0 spiro atoms. The second-order valence-corrected chi connectivity index (χ2v) is 6.48. The lowest BCUT2D eigenvalue weighted by atomic mass is 10.1. The molecule has 0 aromatic heterocycles. The van der Waals surface area contributed by atoms with Crippen molar-refractivity contribution in [3.63, 3.8) is 0 Å². The zero-order valence-corrected chi connectivity index (χ0v) is 13.7. The van der Waals surface area contributed by atoms with Gasteiger partial charge in [-0.1, -0.05) is 48.9 Å². The Hall–Kier alpha value is -0.480. The number of aliphatic hydroxyl groups excluding tert-OH is 1. The van der Waals surface area contributed by atoms with E-state index in [2.05, 4.69) is 5.32 Å². The zero-order valence-electron chi connectivity index (χ0n) is 12.2. The molecule has 0 heterocycles. The molecular formula is C16H23Cl2NO2. The van der Waals surface area contributed by atoms with Crippen molar-refractivity contribution >= 4 is 23.2 Å². The van der Waals surface area contributed by atoms with E-state index >= 15 is 0 Å². The normalized spacial score (nSPS) is 18.2. The maximum atomic E-state index is 10.0. The van der Waals surface area contributed by atoms with Crippen molar-refractivity contribution in [1.82, 2.24) is 5.32 Å². The Labute approximate surface area is 136 Å². The first-order valence-electron chi connectivity index (χ1n) is 7.64. The summed E-state index contributed by atoms with van der Waals surface area (Å²) in [6, 6.07) is 5.59. The summed E-state index contributed by atoms with van der Waals surface area (Å²) in [5, 5.41) is 14.5. The lowest BCUT2D eigenvalue weighted by molar-refractivity contribution is 0.103. The highest BCUT2D eigenvalue weighted by Gasteiger charge is 2.14. The number of ether oxygens (including phenoxy) is 1. The average molecular weight is 332 g/mol. The molecule has 2 N–H and O–H groups in total.